The van der Waals surface area contributed by atoms with E-state index in [-0.39, 0.29) is 5.25 Å². The normalized spacial score (nSPS) is 11.9. The van der Waals surface area contributed by atoms with Crippen molar-refractivity contribution in [3.8, 4) is 17.2 Å². The minimum Gasteiger partial charge on any atom is -0.496 e. The fraction of sp³-hybridized carbons (Fsp3) is 0.368. The highest BCUT2D eigenvalue weighted by atomic mass is 32.2. The van der Waals surface area contributed by atoms with Crippen molar-refractivity contribution in [1.82, 2.24) is 0 Å². The molecule has 1 unspecified atom stereocenters. The van der Waals surface area contributed by atoms with Gasteiger partial charge in [-0.1, -0.05) is 25.1 Å². The van der Waals surface area contributed by atoms with Crippen LogP contribution in [0.3, 0.4) is 0 Å². The van der Waals surface area contributed by atoms with Crippen LogP contribution in [0.4, 0.5) is 0 Å². The summed E-state index contributed by atoms with van der Waals surface area (Å²) in [6, 6.07) is 12.2. The third kappa shape index (κ3) is 3.75. The lowest BCUT2D eigenvalue weighted by atomic mass is 9.99. The van der Waals surface area contributed by atoms with Gasteiger partial charge >= 0.3 is 0 Å². The zero-order valence-corrected chi connectivity index (χ0v) is 15.2. The fourth-order valence-corrected chi connectivity index (χ4v) is 3.81. The van der Waals surface area contributed by atoms with Gasteiger partial charge in [-0.15, -0.1) is 11.8 Å². The molecule has 0 radical (unpaired) electrons. The molecule has 0 aliphatic carbocycles. The third-order valence-electron chi connectivity index (χ3n) is 3.71. The third-order valence-corrected chi connectivity index (χ3v) is 4.86. The van der Waals surface area contributed by atoms with Crippen molar-refractivity contribution in [1.29, 1.82) is 0 Å². The van der Waals surface area contributed by atoms with Gasteiger partial charge in [0.15, 0.2) is 0 Å². The Morgan fingerprint density at radius 1 is 0.913 bits per heavy atom. The summed E-state index contributed by atoms with van der Waals surface area (Å²) in [4.78, 5) is 0. The standard InChI is InChI=1S/C19H24O3S/c1-6-23-19(14-9-7-8-10-15(14)20-3)18-16(21-4)11-13(2)12-17(18)22-5/h7-12,19H,6H2,1-5H3. The Hall–Kier alpha value is -1.81. The Kier molecular flexibility index (Phi) is 6.22. The summed E-state index contributed by atoms with van der Waals surface area (Å²) in [6.07, 6.45) is 0. The average Bonchev–Trinajstić information content (AvgIpc) is 2.59. The lowest BCUT2D eigenvalue weighted by Crippen LogP contribution is -2.06. The first-order chi connectivity index (χ1) is 11.2. The molecule has 2 aromatic rings. The number of benzene rings is 2. The van der Waals surface area contributed by atoms with Gasteiger partial charge in [-0.25, -0.2) is 0 Å². The summed E-state index contributed by atoms with van der Waals surface area (Å²) in [5.41, 5.74) is 3.29. The first-order valence-electron chi connectivity index (χ1n) is 7.63. The number of hydrogen-bond donors (Lipinski definition) is 0. The van der Waals surface area contributed by atoms with Gasteiger partial charge in [0.25, 0.3) is 0 Å². The van der Waals surface area contributed by atoms with Crippen molar-refractivity contribution in [2.45, 2.75) is 19.1 Å². The summed E-state index contributed by atoms with van der Waals surface area (Å²) in [7, 11) is 5.11. The molecule has 124 valence electrons. The second kappa shape index (κ2) is 8.16. The van der Waals surface area contributed by atoms with E-state index in [1.165, 1.54) is 0 Å². The number of para-hydroxylation sites is 1. The largest absolute Gasteiger partial charge is 0.496 e. The topological polar surface area (TPSA) is 27.7 Å². The van der Waals surface area contributed by atoms with E-state index in [9.17, 15) is 0 Å². The Morgan fingerprint density at radius 3 is 2.00 bits per heavy atom. The Balaban J connectivity index is 2.66. The summed E-state index contributed by atoms with van der Waals surface area (Å²) in [5, 5.41) is 0.0849. The molecular weight excluding hydrogens is 308 g/mol. The quantitative estimate of drug-likeness (QED) is 0.723. The molecule has 0 bridgehead atoms. The van der Waals surface area contributed by atoms with Crippen molar-refractivity contribution in [3.63, 3.8) is 0 Å². The van der Waals surface area contributed by atoms with Gasteiger partial charge in [-0.2, -0.15) is 0 Å². The maximum Gasteiger partial charge on any atom is 0.127 e. The number of ether oxygens (including phenoxy) is 3. The van der Waals surface area contributed by atoms with E-state index in [1.807, 2.05) is 36.9 Å². The zero-order chi connectivity index (χ0) is 16.8. The summed E-state index contributed by atoms with van der Waals surface area (Å²) in [6.45, 7) is 4.19. The average molecular weight is 332 g/mol. The first-order valence-corrected chi connectivity index (χ1v) is 8.68. The number of thioether (sulfide) groups is 1. The van der Waals surface area contributed by atoms with Gasteiger partial charge in [0, 0.05) is 5.56 Å². The highest BCUT2D eigenvalue weighted by Gasteiger charge is 2.25. The van der Waals surface area contributed by atoms with E-state index in [0.717, 1.165) is 39.7 Å². The lowest BCUT2D eigenvalue weighted by Gasteiger charge is -2.24. The summed E-state index contributed by atoms with van der Waals surface area (Å²) < 4.78 is 16.9. The predicted molar refractivity (Wildman–Crippen MR) is 97.3 cm³/mol. The van der Waals surface area contributed by atoms with Crippen molar-refractivity contribution in [2.75, 3.05) is 27.1 Å². The van der Waals surface area contributed by atoms with Gasteiger partial charge < -0.3 is 14.2 Å². The minimum absolute atomic E-state index is 0.0849. The molecule has 0 N–H and O–H groups in total. The molecule has 4 heteroatoms. The van der Waals surface area contributed by atoms with Crippen molar-refractivity contribution < 1.29 is 14.2 Å². The van der Waals surface area contributed by atoms with Crippen LogP contribution in [0.15, 0.2) is 36.4 Å². The fourth-order valence-electron chi connectivity index (χ4n) is 2.71. The van der Waals surface area contributed by atoms with Crippen LogP contribution in [0.25, 0.3) is 0 Å². The van der Waals surface area contributed by atoms with Crippen molar-refractivity contribution in [3.05, 3.63) is 53.1 Å². The van der Waals surface area contributed by atoms with E-state index in [4.69, 9.17) is 14.2 Å². The SMILES string of the molecule is CCSC(c1ccccc1OC)c1c(OC)cc(C)cc1OC. The highest BCUT2D eigenvalue weighted by Crippen LogP contribution is 2.47. The van der Waals surface area contributed by atoms with Crippen LogP contribution in [-0.2, 0) is 0 Å². The van der Waals surface area contributed by atoms with E-state index in [1.54, 1.807) is 21.3 Å². The Labute approximate surface area is 143 Å². The Morgan fingerprint density at radius 2 is 1.48 bits per heavy atom. The molecule has 0 saturated heterocycles. The van der Waals surface area contributed by atoms with Crippen LogP contribution in [-0.4, -0.2) is 27.1 Å². The molecule has 0 spiro atoms. The van der Waals surface area contributed by atoms with Gasteiger partial charge in [-0.3, -0.25) is 0 Å². The molecule has 0 aliphatic rings. The minimum atomic E-state index is 0.0849. The molecule has 0 aromatic heterocycles. The second-order valence-electron chi connectivity index (χ2n) is 5.16. The number of rotatable bonds is 7. The van der Waals surface area contributed by atoms with Gasteiger partial charge in [-0.05, 0) is 36.4 Å². The molecule has 23 heavy (non-hydrogen) atoms. The predicted octanol–water partition coefficient (Wildman–Crippen LogP) is 4.86. The molecule has 0 heterocycles. The molecule has 1 atom stereocenters. The van der Waals surface area contributed by atoms with Crippen LogP contribution in [0, 0.1) is 6.92 Å². The van der Waals surface area contributed by atoms with Crippen LogP contribution < -0.4 is 14.2 Å². The van der Waals surface area contributed by atoms with E-state index < -0.39 is 0 Å². The smallest absolute Gasteiger partial charge is 0.127 e. The maximum absolute atomic E-state index is 5.66. The highest BCUT2D eigenvalue weighted by molar-refractivity contribution is 7.99. The number of methoxy groups -OCH3 is 3. The van der Waals surface area contributed by atoms with Crippen LogP contribution in [0.5, 0.6) is 17.2 Å². The molecule has 0 aliphatic heterocycles. The molecule has 0 saturated carbocycles. The van der Waals surface area contributed by atoms with Crippen LogP contribution in [0.2, 0.25) is 0 Å². The van der Waals surface area contributed by atoms with Crippen molar-refractivity contribution >= 4 is 11.8 Å². The van der Waals surface area contributed by atoms with E-state index in [2.05, 4.69) is 25.1 Å². The van der Waals surface area contributed by atoms with Gasteiger partial charge in [0.1, 0.15) is 17.2 Å². The summed E-state index contributed by atoms with van der Waals surface area (Å²) >= 11 is 1.84. The number of hydrogen-bond acceptors (Lipinski definition) is 4. The zero-order valence-electron chi connectivity index (χ0n) is 14.4. The second-order valence-corrected chi connectivity index (χ2v) is 6.54. The molecule has 2 aromatic carbocycles. The van der Waals surface area contributed by atoms with E-state index >= 15 is 0 Å². The van der Waals surface area contributed by atoms with Gasteiger partial charge in [0.05, 0.1) is 32.1 Å². The van der Waals surface area contributed by atoms with E-state index in [0.29, 0.717) is 0 Å². The van der Waals surface area contributed by atoms with Gasteiger partial charge in [0.2, 0.25) is 0 Å². The molecule has 2 rings (SSSR count). The first kappa shape index (κ1) is 17.5. The maximum atomic E-state index is 5.66. The molecule has 0 amide bonds. The molecule has 0 fully saturated rings. The number of aryl methyl sites for hydroxylation is 1. The lowest BCUT2D eigenvalue weighted by molar-refractivity contribution is 0.384. The van der Waals surface area contributed by atoms with Crippen LogP contribution in [0.1, 0.15) is 28.9 Å². The molecule has 3 nitrogen and oxygen atoms in total. The molecular formula is C19H24O3S. The summed E-state index contributed by atoms with van der Waals surface area (Å²) in [5.74, 6) is 3.55. The van der Waals surface area contributed by atoms with Crippen LogP contribution >= 0.6 is 11.8 Å². The Bertz CT molecular complexity index is 630. The van der Waals surface area contributed by atoms with Crippen molar-refractivity contribution in [2.24, 2.45) is 0 Å². The monoisotopic (exact) mass is 332 g/mol.